The van der Waals surface area contributed by atoms with Crippen LogP contribution in [0.1, 0.15) is 15.9 Å². The van der Waals surface area contributed by atoms with Crippen LogP contribution in [0.4, 0.5) is 0 Å². The maximum Gasteiger partial charge on any atom is 0.265 e. The molecule has 3 N–H and O–H groups in total. The van der Waals surface area contributed by atoms with Crippen molar-refractivity contribution in [2.45, 2.75) is 0 Å². The molecular formula is C23H20N2O3. The standard InChI is InChI=1S/C23H20N2O3/c1-28-20-9-5-8-19(15-20)23(27)25-21(22(24)26)14-16-10-12-18(13-11-16)17-6-3-2-4-7-17/h2-15H,1H3,(H2,24,26)(H,25,27)/b21-14+. The second kappa shape index (κ2) is 8.68. The number of nitrogens with two attached hydrogens (primary N) is 1. The predicted molar refractivity (Wildman–Crippen MR) is 110 cm³/mol. The van der Waals surface area contributed by atoms with E-state index in [2.05, 4.69) is 5.32 Å². The minimum Gasteiger partial charge on any atom is -0.497 e. The molecule has 5 nitrogen and oxygen atoms in total. The first-order valence-electron chi connectivity index (χ1n) is 8.69. The third-order valence-electron chi connectivity index (χ3n) is 4.17. The van der Waals surface area contributed by atoms with Crippen LogP contribution in [0.5, 0.6) is 5.75 Å². The molecule has 3 aromatic carbocycles. The van der Waals surface area contributed by atoms with E-state index in [1.807, 2.05) is 54.6 Å². The van der Waals surface area contributed by atoms with E-state index in [1.165, 1.54) is 7.11 Å². The molecule has 0 aliphatic heterocycles. The highest BCUT2D eigenvalue weighted by Crippen LogP contribution is 2.20. The van der Waals surface area contributed by atoms with Crippen molar-refractivity contribution in [2.75, 3.05) is 7.11 Å². The number of ether oxygens (including phenoxy) is 1. The van der Waals surface area contributed by atoms with Crippen LogP contribution in [-0.4, -0.2) is 18.9 Å². The number of nitrogens with one attached hydrogen (secondary N) is 1. The third-order valence-corrected chi connectivity index (χ3v) is 4.17. The Hall–Kier alpha value is -3.86. The highest BCUT2D eigenvalue weighted by molar-refractivity contribution is 6.04. The van der Waals surface area contributed by atoms with Gasteiger partial charge in [0.1, 0.15) is 11.4 Å². The number of hydrogen-bond acceptors (Lipinski definition) is 3. The molecule has 28 heavy (non-hydrogen) atoms. The third kappa shape index (κ3) is 4.65. The van der Waals surface area contributed by atoms with Gasteiger partial charge < -0.3 is 15.8 Å². The lowest BCUT2D eigenvalue weighted by Crippen LogP contribution is -2.31. The molecule has 0 aliphatic rings. The zero-order valence-electron chi connectivity index (χ0n) is 15.4. The van der Waals surface area contributed by atoms with E-state index in [1.54, 1.807) is 30.3 Å². The number of hydrogen-bond donors (Lipinski definition) is 2. The fourth-order valence-corrected chi connectivity index (χ4v) is 2.70. The van der Waals surface area contributed by atoms with Gasteiger partial charge in [-0.25, -0.2) is 0 Å². The molecule has 3 rings (SSSR count). The van der Waals surface area contributed by atoms with E-state index >= 15 is 0 Å². The summed E-state index contributed by atoms with van der Waals surface area (Å²) in [5.41, 5.74) is 8.72. The van der Waals surface area contributed by atoms with Crippen molar-refractivity contribution in [3.63, 3.8) is 0 Å². The first-order valence-corrected chi connectivity index (χ1v) is 8.69. The Bertz CT molecular complexity index is 1010. The van der Waals surface area contributed by atoms with Crippen LogP contribution in [0.2, 0.25) is 0 Å². The summed E-state index contributed by atoms with van der Waals surface area (Å²) in [5.74, 6) is -0.609. The number of amides is 2. The SMILES string of the molecule is COc1cccc(C(=O)N/C(=C/c2ccc(-c3ccccc3)cc2)C(N)=O)c1. The summed E-state index contributed by atoms with van der Waals surface area (Å²) in [7, 11) is 1.52. The molecule has 0 bridgehead atoms. The van der Waals surface area contributed by atoms with E-state index in [-0.39, 0.29) is 5.70 Å². The highest BCUT2D eigenvalue weighted by atomic mass is 16.5. The van der Waals surface area contributed by atoms with E-state index in [4.69, 9.17) is 10.5 Å². The van der Waals surface area contributed by atoms with Crippen LogP contribution in [0.3, 0.4) is 0 Å². The molecule has 0 saturated carbocycles. The molecule has 2 amide bonds. The van der Waals surface area contributed by atoms with Crippen molar-refractivity contribution in [1.29, 1.82) is 0 Å². The Morgan fingerprint density at radius 3 is 2.21 bits per heavy atom. The quantitative estimate of drug-likeness (QED) is 0.649. The van der Waals surface area contributed by atoms with E-state index in [0.717, 1.165) is 16.7 Å². The molecule has 140 valence electrons. The fourth-order valence-electron chi connectivity index (χ4n) is 2.70. The van der Waals surface area contributed by atoms with Crippen LogP contribution in [0.15, 0.2) is 84.6 Å². The fraction of sp³-hybridized carbons (Fsp3) is 0.0435. The number of benzene rings is 3. The molecule has 0 radical (unpaired) electrons. The molecule has 5 heteroatoms. The summed E-state index contributed by atoms with van der Waals surface area (Å²) in [6.45, 7) is 0. The Morgan fingerprint density at radius 1 is 0.893 bits per heavy atom. The van der Waals surface area contributed by atoms with Gasteiger partial charge >= 0.3 is 0 Å². The molecule has 0 aliphatic carbocycles. The van der Waals surface area contributed by atoms with E-state index < -0.39 is 11.8 Å². The number of carbonyl (C=O) groups excluding carboxylic acids is 2. The molecular weight excluding hydrogens is 352 g/mol. The Morgan fingerprint density at radius 2 is 1.57 bits per heavy atom. The predicted octanol–water partition coefficient (Wildman–Crippen LogP) is 3.62. The summed E-state index contributed by atoms with van der Waals surface area (Å²) < 4.78 is 5.11. The number of rotatable bonds is 6. The topological polar surface area (TPSA) is 81.4 Å². The van der Waals surface area contributed by atoms with Gasteiger partial charge in [-0.2, -0.15) is 0 Å². The molecule has 0 unspecified atom stereocenters. The molecule has 0 saturated heterocycles. The molecule has 3 aromatic rings. The van der Waals surface area contributed by atoms with Crippen LogP contribution in [-0.2, 0) is 4.79 Å². The second-order valence-corrected chi connectivity index (χ2v) is 6.10. The smallest absolute Gasteiger partial charge is 0.265 e. The molecule has 0 aromatic heterocycles. The summed E-state index contributed by atoms with van der Waals surface area (Å²) in [5, 5.41) is 2.57. The average molecular weight is 372 g/mol. The Kier molecular flexibility index (Phi) is 5.87. The van der Waals surface area contributed by atoms with E-state index in [0.29, 0.717) is 11.3 Å². The maximum atomic E-state index is 12.4. The van der Waals surface area contributed by atoms with Gasteiger partial charge in [-0.1, -0.05) is 60.7 Å². The van der Waals surface area contributed by atoms with Crippen LogP contribution in [0.25, 0.3) is 17.2 Å². The monoisotopic (exact) mass is 372 g/mol. The van der Waals surface area contributed by atoms with Gasteiger partial charge in [0.2, 0.25) is 0 Å². The largest absolute Gasteiger partial charge is 0.497 e. The lowest BCUT2D eigenvalue weighted by molar-refractivity contribution is -0.114. The lowest BCUT2D eigenvalue weighted by atomic mass is 10.0. The van der Waals surface area contributed by atoms with Crippen molar-refractivity contribution < 1.29 is 14.3 Å². The Balaban J connectivity index is 1.80. The highest BCUT2D eigenvalue weighted by Gasteiger charge is 2.12. The van der Waals surface area contributed by atoms with Gasteiger partial charge in [0.25, 0.3) is 11.8 Å². The van der Waals surface area contributed by atoms with Crippen LogP contribution in [0, 0.1) is 0 Å². The summed E-state index contributed by atoms with van der Waals surface area (Å²) in [6, 6.07) is 24.2. The van der Waals surface area contributed by atoms with Crippen molar-refractivity contribution in [1.82, 2.24) is 5.32 Å². The van der Waals surface area contributed by atoms with Crippen molar-refractivity contribution in [2.24, 2.45) is 5.73 Å². The second-order valence-electron chi connectivity index (χ2n) is 6.10. The van der Waals surface area contributed by atoms with Gasteiger partial charge in [-0.3, -0.25) is 9.59 Å². The number of methoxy groups -OCH3 is 1. The molecule has 0 fully saturated rings. The number of carbonyl (C=O) groups is 2. The minimum absolute atomic E-state index is 0.0141. The zero-order chi connectivity index (χ0) is 19.9. The Labute approximate surface area is 163 Å². The summed E-state index contributed by atoms with van der Waals surface area (Å²) in [6.07, 6.45) is 1.55. The first kappa shape index (κ1) is 18.9. The van der Waals surface area contributed by atoms with Gasteiger partial charge in [-0.05, 0) is 41.0 Å². The van der Waals surface area contributed by atoms with Crippen molar-refractivity contribution in [3.05, 3.63) is 95.7 Å². The lowest BCUT2D eigenvalue weighted by Gasteiger charge is -2.08. The molecule has 0 atom stereocenters. The van der Waals surface area contributed by atoms with Crippen molar-refractivity contribution >= 4 is 17.9 Å². The maximum absolute atomic E-state index is 12.4. The van der Waals surface area contributed by atoms with E-state index in [9.17, 15) is 9.59 Å². The van der Waals surface area contributed by atoms with Gasteiger partial charge in [0.05, 0.1) is 7.11 Å². The van der Waals surface area contributed by atoms with Crippen LogP contribution < -0.4 is 15.8 Å². The normalized spacial score (nSPS) is 11.0. The number of primary amides is 1. The minimum atomic E-state index is -0.719. The van der Waals surface area contributed by atoms with Gasteiger partial charge in [0.15, 0.2) is 0 Å². The van der Waals surface area contributed by atoms with Gasteiger partial charge in [-0.15, -0.1) is 0 Å². The van der Waals surface area contributed by atoms with Crippen LogP contribution >= 0.6 is 0 Å². The van der Waals surface area contributed by atoms with Crippen molar-refractivity contribution in [3.8, 4) is 16.9 Å². The molecule has 0 spiro atoms. The summed E-state index contributed by atoms with van der Waals surface area (Å²) >= 11 is 0. The van der Waals surface area contributed by atoms with Gasteiger partial charge in [0, 0.05) is 5.56 Å². The summed E-state index contributed by atoms with van der Waals surface area (Å²) in [4.78, 5) is 24.2. The molecule has 0 heterocycles. The average Bonchev–Trinajstić information content (AvgIpc) is 2.74. The zero-order valence-corrected chi connectivity index (χ0v) is 15.4. The first-order chi connectivity index (χ1) is 13.6.